The number of carbonyl (C=O) groups is 3. The number of nitrogen functional groups attached to an aromatic ring is 1. The van der Waals surface area contributed by atoms with Crippen LogP contribution in [0.15, 0.2) is 57.6 Å². The second-order valence-corrected chi connectivity index (χ2v) is 10.8. The van der Waals surface area contributed by atoms with Gasteiger partial charge in [-0.25, -0.2) is 14.0 Å². The molecule has 0 radical (unpaired) electrons. The second kappa shape index (κ2) is 10.5. The number of nitrogens with one attached hydrogen (secondary N) is 1. The lowest BCUT2D eigenvalue weighted by Gasteiger charge is -2.25. The standard InChI is InChI=1S/C25H23N5O6S/c1-16-7-10-36-21(16)24(32)28-20-4-2-3-17(13-20)5-6-18-14-19(15-27-22(18)26)23(31)29-37(35)11-8-30(9-12-37)25(33)34/h2-4,7,10,13-15H,8-9,11-12H2,1H3,(H2,26,27)(H,28,32)(H,33,34). The summed E-state index contributed by atoms with van der Waals surface area (Å²) in [4.78, 5) is 41.3. The lowest BCUT2D eigenvalue weighted by molar-refractivity contribution is 0.0991. The SMILES string of the molecule is Cc1ccoc1C(=O)Nc1cccc(C#Cc2cc(C(=O)N=S3(=O)CCN(C(=O)O)CC3)cnc2N)c1. The Labute approximate surface area is 212 Å². The number of pyridine rings is 1. The summed E-state index contributed by atoms with van der Waals surface area (Å²) in [5.74, 6) is 4.95. The Morgan fingerprint density at radius 1 is 1.19 bits per heavy atom. The third kappa shape index (κ3) is 6.14. The first kappa shape index (κ1) is 25.5. The molecule has 0 bridgehead atoms. The number of amides is 3. The van der Waals surface area contributed by atoms with E-state index in [1.54, 1.807) is 37.3 Å². The fourth-order valence-electron chi connectivity index (χ4n) is 3.51. The summed E-state index contributed by atoms with van der Waals surface area (Å²) in [5, 5.41) is 11.8. The zero-order chi connectivity index (χ0) is 26.6. The lowest BCUT2D eigenvalue weighted by Crippen LogP contribution is -2.43. The molecule has 1 aliphatic heterocycles. The average Bonchev–Trinajstić information content (AvgIpc) is 3.29. The molecule has 4 rings (SSSR count). The van der Waals surface area contributed by atoms with Gasteiger partial charge in [-0.1, -0.05) is 17.9 Å². The van der Waals surface area contributed by atoms with E-state index in [2.05, 4.69) is 26.5 Å². The van der Waals surface area contributed by atoms with Gasteiger partial charge in [-0.2, -0.15) is 4.36 Å². The van der Waals surface area contributed by atoms with Crippen molar-refractivity contribution in [2.45, 2.75) is 6.92 Å². The molecular weight excluding hydrogens is 498 g/mol. The van der Waals surface area contributed by atoms with Crippen LogP contribution in [0.25, 0.3) is 0 Å². The fraction of sp³-hybridized carbons (Fsp3) is 0.200. The Morgan fingerprint density at radius 2 is 1.95 bits per heavy atom. The molecule has 0 unspecified atom stereocenters. The van der Waals surface area contributed by atoms with Crippen molar-refractivity contribution in [3.05, 3.63) is 76.9 Å². The quantitative estimate of drug-likeness (QED) is 0.442. The first-order chi connectivity index (χ1) is 17.6. The van der Waals surface area contributed by atoms with E-state index in [0.29, 0.717) is 16.8 Å². The van der Waals surface area contributed by atoms with Crippen molar-refractivity contribution in [1.82, 2.24) is 9.88 Å². The van der Waals surface area contributed by atoms with Gasteiger partial charge in [0.1, 0.15) is 5.82 Å². The first-order valence-electron chi connectivity index (χ1n) is 11.1. The molecule has 190 valence electrons. The highest BCUT2D eigenvalue weighted by Crippen LogP contribution is 2.16. The molecule has 37 heavy (non-hydrogen) atoms. The maximum Gasteiger partial charge on any atom is 0.407 e. The smallest absolute Gasteiger partial charge is 0.407 e. The number of carbonyl (C=O) groups excluding carboxylic acids is 2. The van der Waals surface area contributed by atoms with Crippen LogP contribution in [0.2, 0.25) is 0 Å². The number of rotatable bonds is 3. The number of aromatic nitrogens is 1. The van der Waals surface area contributed by atoms with Gasteiger partial charge < -0.3 is 25.5 Å². The number of hydrogen-bond donors (Lipinski definition) is 3. The molecule has 0 saturated carbocycles. The number of anilines is 2. The zero-order valence-electron chi connectivity index (χ0n) is 19.8. The van der Waals surface area contributed by atoms with Crippen LogP contribution < -0.4 is 11.1 Å². The summed E-state index contributed by atoms with van der Waals surface area (Å²) in [6.07, 6.45) is 1.57. The second-order valence-electron chi connectivity index (χ2n) is 8.22. The molecule has 0 spiro atoms. The minimum absolute atomic E-state index is 0.0214. The summed E-state index contributed by atoms with van der Waals surface area (Å²) in [5.41, 5.74) is 8.07. The molecule has 0 aliphatic carbocycles. The highest BCUT2D eigenvalue weighted by Gasteiger charge is 2.25. The predicted molar refractivity (Wildman–Crippen MR) is 137 cm³/mol. The van der Waals surface area contributed by atoms with Gasteiger partial charge >= 0.3 is 6.09 Å². The number of benzene rings is 1. The molecule has 0 atom stereocenters. The molecule has 1 fully saturated rings. The zero-order valence-corrected chi connectivity index (χ0v) is 20.6. The van der Waals surface area contributed by atoms with Crippen molar-refractivity contribution in [1.29, 1.82) is 0 Å². The number of nitrogens with zero attached hydrogens (tertiary/aromatic N) is 3. The summed E-state index contributed by atoms with van der Waals surface area (Å²) < 4.78 is 22.0. The normalized spacial score (nSPS) is 14.2. The lowest BCUT2D eigenvalue weighted by atomic mass is 10.1. The third-order valence-corrected chi connectivity index (χ3v) is 7.72. The molecule has 1 aromatic carbocycles. The van der Waals surface area contributed by atoms with Crippen LogP contribution in [0.4, 0.5) is 16.3 Å². The van der Waals surface area contributed by atoms with Gasteiger partial charge in [-0.3, -0.25) is 9.59 Å². The van der Waals surface area contributed by atoms with Crippen molar-refractivity contribution in [3.63, 3.8) is 0 Å². The van der Waals surface area contributed by atoms with Gasteiger partial charge in [0.05, 0.1) is 38.6 Å². The minimum Gasteiger partial charge on any atom is -0.465 e. The van der Waals surface area contributed by atoms with Gasteiger partial charge in [0.25, 0.3) is 11.8 Å². The average molecular weight is 522 g/mol. The van der Waals surface area contributed by atoms with Crippen LogP contribution in [0.5, 0.6) is 0 Å². The van der Waals surface area contributed by atoms with E-state index in [9.17, 15) is 18.6 Å². The Balaban J connectivity index is 1.51. The number of hydrogen-bond acceptors (Lipinski definition) is 7. The van der Waals surface area contributed by atoms with Crippen molar-refractivity contribution < 1.29 is 28.1 Å². The van der Waals surface area contributed by atoms with Crippen LogP contribution in [-0.2, 0) is 9.73 Å². The Kier molecular flexibility index (Phi) is 7.26. The highest BCUT2D eigenvalue weighted by molar-refractivity contribution is 7.94. The molecule has 11 nitrogen and oxygen atoms in total. The van der Waals surface area contributed by atoms with Crippen LogP contribution in [0.1, 0.15) is 37.6 Å². The van der Waals surface area contributed by atoms with E-state index >= 15 is 0 Å². The molecule has 4 N–H and O–H groups in total. The molecule has 12 heteroatoms. The van der Waals surface area contributed by atoms with Crippen molar-refractivity contribution in [2.24, 2.45) is 4.36 Å². The van der Waals surface area contributed by atoms with Crippen LogP contribution in [-0.4, -0.2) is 61.7 Å². The number of carboxylic acid groups (broad SMARTS) is 1. The Bertz CT molecular complexity index is 1560. The van der Waals surface area contributed by atoms with Gasteiger partial charge in [0, 0.05) is 36.1 Å². The molecule has 1 aliphatic rings. The van der Waals surface area contributed by atoms with E-state index in [1.807, 2.05) is 0 Å². The van der Waals surface area contributed by atoms with Crippen molar-refractivity contribution >= 4 is 39.1 Å². The van der Waals surface area contributed by atoms with Gasteiger partial charge in [0.15, 0.2) is 5.76 Å². The third-order valence-electron chi connectivity index (χ3n) is 5.58. The van der Waals surface area contributed by atoms with Crippen LogP contribution >= 0.6 is 0 Å². The summed E-state index contributed by atoms with van der Waals surface area (Å²) in [7, 11) is -2.88. The fourth-order valence-corrected chi connectivity index (χ4v) is 5.31. The maximum atomic E-state index is 12.9. The first-order valence-corrected chi connectivity index (χ1v) is 13.0. The molecular formula is C25H23N5O6S. The monoisotopic (exact) mass is 521 g/mol. The van der Waals surface area contributed by atoms with Crippen LogP contribution in [0.3, 0.4) is 0 Å². The molecule has 3 aromatic rings. The largest absolute Gasteiger partial charge is 0.465 e. The van der Waals surface area contributed by atoms with Crippen LogP contribution in [0, 0.1) is 18.8 Å². The Morgan fingerprint density at radius 3 is 2.62 bits per heavy atom. The Hall–Kier alpha value is -4.63. The van der Waals surface area contributed by atoms with E-state index in [0.717, 1.165) is 4.90 Å². The highest BCUT2D eigenvalue weighted by atomic mass is 32.2. The van der Waals surface area contributed by atoms with E-state index in [1.165, 1.54) is 18.5 Å². The van der Waals surface area contributed by atoms with Gasteiger partial charge in [-0.15, -0.1) is 0 Å². The molecule has 2 aromatic heterocycles. The molecule has 3 heterocycles. The van der Waals surface area contributed by atoms with E-state index in [4.69, 9.17) is 15.3 Å². The van der Waals surface area contributed by atoms with Crippen molar-refractivity contribution in [3.8, 4) is 11.8 Å². The molecule has 1 saturated heterocycles. The summed E-state index contributed by atoms with van der Waals surface area (Å²) in [6, 6.07) is 9.96. The maximum absolute atomic E-state index is 12.9. The van der Waals surface area contributed by atoms with E-state index in [-0.39, 0.29) is 53.2 Å². The minimum atomic E-state index is -2.88. The number of aryl methyl sites for hydroxylation is 1. The van der Waals surface area contributed by atoms with E-state index < -0.39 is 21.7 Å². The number of nitrogens with two attached hydrogens (primary N) is 1. The predicted octanol–water partition coefficient (Wildman–Crippen LogP) is 2.82. The van der Waals surface area contributed by atoms with Gasteiger partial charge in [-0.05, 0) is 37.3 Å². The van der Waals surface area contributed by atoms with Gasteiger partial charge in [0.2, 0.25) is 0 Å². The summed E-state index contributed by atoms with van der Waals surface area (Å²) in [6.45, 7) is 1.86. The summed E-state index contributed by atoms with van der Waals surface area (Å²) >= 11 is 0. The van der Waals surface area contributed by atoms with Crippen molar-refractivity contribution in [2.75, 3.05) is 35.6 Å². The number of furan rings is 1. The molecule has 3 amide bonds. The topological polar surface area (TPSA) is 168 Å².